The minimum atomic E-state index is -0.506. The summed E-state index contributed by atoms with van der Waals surface area (Å²) in [6.07, 6.45) is 3.03. The van der Waals surface area contributed by atoms with Crippen LogP contribution >= 0.6 is 11.6 Å². The lowest BCUT2D eigenvalue weighted by molar-refractivity contribution is -0.384. The van der Waals surface area contributed by atoms with E-state index in [9.17, 15) is 14.9 Å². The monoisotopic (exact) mass is 438 g/mol. The summed E-state index contributed by atoms with van der Waals surface area (Å²) < 4.78 is 3.19. The summed E-state index contributed by atoms with van der Waals surface area (Å²) in [5, 5.41) is 18.1. The van der Waals surface area contributed by atoms with Crippen LogP contribution in [0.4, 0.5) is 11.4 Å². The molecule has 0 aliphatic heterocycles. The topological polar surface area (TPSA) is 108 Å². The lowest BCUT2D eigenvalue weighted by Gasteiger charge is -2.10. The van der Waals surface area contributed by atoms with Crippen molar-refractivity contribution in [3.05, 3.63) is 86.0 Å². The number of nitro benzene ring substituents is 1. The maximum atomic E-state index is 12.6. The summed E-state index contributed by atoms with van der Waals surface area (Å²) in [4.78, 5) is 27.5. The summed E-state index contributed by atoms with van der Waals surface area (Å²) in [6, 6.07) is 13.5. The third-order valence-corrected chi connectivity index (χ3v) is 5.36. The summed E-state index contributed by atoms with van der Waals surface area (Å²) >= 11 is 6.24. The van der Waals surface area contributed by atoms with Crippen molar-refractivity contribution in [2.75, 3.05) is 11.9 Å². The molecule has 0 bridgehead atoms. The van der Waals surface area contributed by atoms with Crippen LogP contribution in [0.3, 0.4) is 0 Å². The molecule has 1 N–H and O–H groups in total. The fourth-order valence-electron chi connectivity index (χ4n) is 3.34. The first kappa shape index (κ1) is 20.5. The van der Waals surface area contributed by atoms with E-state index in [0.29, 0.717) is 17.9 Å². The van der Waals surface area contributed by atoms with Crippen LogP contribution < -0.4 is 10.9 Å². The van der Waals surface area contributed by atoms with Crippen LogP contribution in [0.2, 0.25) is 5.02 Å². The van der Waals surface area contributed by atoms with Crippen LogP contribution in [0.15, 0.2) is 59.5 Å². The normalized spacial score (nSPS) is 11.0. The highest BCUT2D eigenvalue weighted by Gasteiger charge is 2.12. The van der Waals surface area contributed by atoms with Gasteiger partial charge >= 0.3 is 0 Å². The first-order valence-corrected chi connectivity index (χ1v) is 10.0. The van der Waals surface area contributed by atoms with Gasteiger partial charge in [-0.2, -0.15) is 9.78 Å². The highest BCUT2D eigenvalue weighted by molar-refractivity contribution is 6.32. The second kappa shape index (κ2) is 8.57. The molecule has 0 radical (unpaired) electrons. The Morgan fingerprint density at radius 2 is 1.90 bits per heavy atom. The molecular formula is C21H19ClN6O3. The van der Waals surface area contributed by atoms with E-state index in [1.54, 1.807) is 0 Å². The number of nitrogens with one attached hydrogen (secondary N) is 1. The van der Waals surface area contributed by atoms with Gasteiger partial charge in [0.05, 0.1) is 33.5 Å². The van der Waals surface area contributed by atoms with Crippen LogP contribution in [0.5, 0.6) is 0 Å². The Kier molecular flexibility index (Phi) is 5.68. The number of aryl methyl sites for hydroxylation is 2. The van der Waals surface area contributed by atoms with E-state index >= 15 is 0 Å². The maximum Gasteiger partial charge on any atom is 0.292 e. The number of hydrogen-bond acceptors (Lipinski definition) is 6. The number of nitrogens with zero attached hydrogens (tertiary/aromatic N) is 5. The summed E-state index contributed by atoms with van der Waals surface area (Å²) in [6.45, 7) is 0.589. The van der Waals surface area contributed by atoms with Crippen molar-refractivity contribution in [3.63, 3.8) is 0 Å². The molecule has 2 aromatic carbocycles. The van der Waals surface area contributed by atoms with Gasteiger partial charge in [0.1, 0.15) is 10.8 Å². The van der Waals surface area contributed by atoms with Crippen LogP contribution in [-0.2, 0) is 13.5 Å². The second-order valence-corrected chi connectivity index (χ2v) is 7.35. The van der Waals surface area contributed by atoms with Crippen molar-refractivity contribution < 1.29 is 4.92 Å². The van der Waals surface area contributed by atoms with Gasteiger partial charge in [-0.25, -0.2) is 4.98 Å². The predicted octanol–water partition coefficient (Wildman–Crippen LogP) is 3.73. The van der Waals surface area contributed by atoms with Gasteiger partial charge < -0.3 is 9.88 Å². The number of para-hydroxylation sites is 2. The van der Waals surface area contributed by atoms with E-state index in [1.165, 1.54) is 30.5 Å². The highest BCUT2D eigenvalue weighted by Crippen LogP contribution is 2.19. The molecular weight excluding hydrogens is 420 g/mol. The van der Waals surface area contributed by atoms with Gasteiger partial charge in [0, 0.05) is 32.1 Å². The Hall–Kier alpha value is -3.72. The Balaban J connectivity index is 1.42. The molecule has 0 aliphatic rings. The molecule has 158 valence electrons. The van der Waals surface area contributed by atoms with E-state index in [1.807, 2.05) is 31.3 Å². The van der Waals surface area contributed by atoms with Gasteiger partial charge in [0.15, 0.2) is 0 Å². The molecule has 4 rings (SSSR count). The molecule has 0 fully saturated rings. The number of aromatic nitrogens is 4. The number of halogens is 1. The smallest absolute Gasteiger partial charge is 0.292 e. The maximum absolute atomic E-state index is 12.6. The lowest BCUT2D eigenvalue weighted by atomic mass is 10.3. The Bertz CT molecular complexity index is 1310. The molecule has 0 aliphatic carbocycles. The molecule has 31 heavy (non-hydrogen) atoms. The van der Waals surface area contributed by atoms with Gasteiger partial charge in [-0.1, -0.05) is 23.7 Å². The lowest BCUT2D eigenvalue weighted by Crippen LogP contribution is -2.23. The first-order chi connectivity index (χ1) is 15.0. The summed E-state index contributed by atoms with van der Waals surface area (Å²) in [5.41, 5.74) is 2.32. The Morgan fingerprint density at radius 3 is 2.61 bits per heavy atom. The van der Waals surface area contributed by atoms with Crippen molar-refractivity contribution in [3.8, 4) is 5.69 Å². The number of non-ortho nitro benzene ring substituents is 1. The van der Waals surface area contributed by atoms with Gasteiger partial charge in [0.2, 0.25) is 0 Å². The van der Waals surface area contributed by atoms with E-state index < -0.39 is 10.5 Å². The van der Waals surface area contributed by atoms with Crippen molar-refractivity contribution in [1.82, 2.24) is 19.3 Å². The molecule has 0 unspecified atom stereocenters. The van der Waals surface area contributed by atoms with E-state index in [4.69, 9.17) is 11.6 Å². The molecule has 2 aromatic heterocycles. The number of nitro groups is 1. The zero-order chi connectivity index (χ0) is 22.0. The molecule has 10 heteroatoms. The predicted molar refractivity (Wildman–Crippen MR) is 119 cm³/mol. The summed E-state index contributed by atoms with van der Waals surface area (Å²) in [7, 11) is 2.00. The number of anilines is 1. The second-order valence-electron chi connectivity index (χ2n) is 6.97. The minimum Gasteiger partial charge on any atom is -0.382 e. The van der Waals surface area contributed by atoms with E-state index in [2.05, 4.69) is 20.0 Å². The van der Waals surface area contributed by atoms with E-state index in [0.717, 1.165) is 34.4 Å². The van der Waals surface area contributed by atoms with Crippen LogP contribution in [0.25, 0.3) is 16.7 Å². The standard InChI is InChI=1S/C21H19ClN6O3/c1-26-18-6-3-2-5-16(18)25-19(26)7-4-12-23-17-13-24-27(21(29)20(17)22)14-8-10-15(11-9-14)28(30)31/h2-3,5-6,8-11,13,23H,4,7,12H2,1H3. The first-order valence-electron chi connectivity index (χ1n) is 9.62. The largest absolute Gasteiger partial charge is 0.382 e. The fourth-order valence-corrected chi connectivity index (χ4v) is 3.54. The molecule has 0 spiro atoms. The SMILES string of the molecule is Cn1c(CCCNc2cnn(-c3ccc([N+](=O)[O-])cc3)c(=O)c2Cl)nc2ccccc21. The number of fused-ring (bicyclic) bond motifs is 1. The average molecular weight is 439 g/mol. The van der Waals surface area contributed by atoms with Crippen molar-refractivity contribution >= 4 is 34.0 Å². The summed E-state index contributed by atoms with van der Waals surface area (Å²) in [5.74, 6) is 0.987. The van der Waals surface area contributed by atoms with Gasteiger partial charge in [-0.3, -0.25) is 14.9 Å². The molecule has 4 aromatic rings. The number of imidazole rings is 1. The van der Waals surface area contributed by atoms with Crippen LogP contribution in [-0.4, -0.2) is 30.8 Å². The van der Waals surface area contributed by atoms with Gasteiger partial charge in [-0.05, 0) is 30.7 Å². The number of benzene rings is 2. The highest BCUT2D eigenvalue weighted by atomic mass is 35.5. The van der Waals surface area contributed by atoms with E-state index in [-0.39, 0.29) is 10.7 Å². The molecule has 0 saturated carbocycles. The third-order valence-electron chi connectivity index (χ3n) is 5.00. The fraction of sp³-hybridized carbons (Fsp3) is 0.190. The molecule has 0 amide bonds. The Labute approximate surface area is 182 Å². The van der Waals surface area contributed by atoms with Crippen LogP contribution in [0, 0.1) is 10.1 Å². The molecule has 9 nitrogen and oxygen atoms in total. The van der Waals surface area contributed by atoms with Crippen LogP contribution in [0.1, 0.15) is 12.2 Å². The minimum absolute atomic E-state index is 0.0103. The van der Waals surface area contributed by atoms with Crippen molar-refractivity contribution in [2.24, 2.45) is 7.05 Å². The zero-order valence-electron chi connectivity index (χ0n) is 16.7. The number of hydrogen-bond donors (Lipinski definition) is 1. The van der Waals surface area contributed by atoms with Crippen molar-refractivity contribution in [1.29, 1.82) is 0 Å². The molecule has 0 atom stereocenters. The van der Waals surface area contributed by atoms with Gasteiger partial charge in [-0.15, -0.1) is 0 Å². The quantitative estimate of drug-likeness (QED) is 0.267. The zero-order valence-corrected chi connectivity index (χ0v) is 17.4. The number of rotatable bonds is 7. The third kappa shape index (κ3) is 4.13. The van der Waals surface area contributed by atoms with Crippen molar-refractivity contribution in [2.45, 2.75) is 12.8 Å². The molecule has 0 saturated heterocycles. The molecule has 2 heterocycles. The van der Waals surface area contributed by atoms with Gasteiger partial charge in [0.25, 0.3) is 11.2 Å². The Morgan fingerprint density at radius 1 is 1.16 bits per heavy atom. The average Bonchev–Trinajstić information content (AvgIpc) is 3.10.